The van der Waals surface area contributed by atoms with Crippen LogP contribution < -0.4 is 5.32 Å². The number of hydrogen-bond donors (Lipinski definition) is 1. The van der Waals surface area contributed by atoms with Crippen molar-refractivity contribution in [2.24, 2.45) is 0 Å². The minimum absolute atomic E-state index is 0.309. The van der Waals surface area contributed by atoms with Crippen LogP contribution in [0.1, 0.15) is 34.9 Å². The van der Waals surface area contributed by atoms with E-state index in [1.807, 2.05) is 23.5 Å². The highest BCUT2D eigenvalue weighted by Gasteiger charge is 2.21. The molecule has 3 rings (SSSR count). The Bertz CT molecular complexity index is 642. The maximum atomic E-state index is 9.18. The zero-order valence-electron chi connectivity index (χ0n) is 10.3. The molecule has 1 aromatic carbocycles. The number of aryl methyl sites for hydroxylation is 1. The minimum atomic E-state index is 0.309. The number of thiophene rings is 1. The first-order valence-corrected chi connectivity index (χ1v) is 7.56. The van der Waals surface area contributed by atoms with Crippen LogP contribution in [0, 0.1) is 11.3 Å². The quantitative estimate of drug-likeness (QED) is 0.864. The van der Waals surface area contributed by atoms with Crippen molar-refractivity contribution in [2.75, 3.05) is 5.32 Å². The summed E-state index contributed by atoms with van der Waals surface area (Å²) >= 11 is 7.75. The molecule has 1 atom stereocenters. The maximum Gasteiger partial charge on any atom is 0.101 e. The summed E-state index contributed by atoms with van der Waals surface area (Å²) in [5, 5.41) is 15.4. The summed E-state index contributed by atoms with van der Waals surface area (Å²) in [6, 6.07) is 10.1. The van der Waals surface area contributed by atoms with Gasteiger partial charge in [-0.15, -0.1) is 11.3 Å². The summed E-state index contributed by atoms with van der Waals surface area (Å²) in [5.74, 6) is 0. The second-order valence-corrected chi connectivity index (χ2v) is 6.13. The molecule has 0 radical (unpaired) electrons. The van der Waals surface area contributed by atoms with Crippen LogP contribution in [-0.4, -0.2) is 0 Å². The third kappa shape index (κ3) is 2.47. The summed E-state index contributed by atoms with van der Waals surface area (Å²) in [6.07, 6.45) is 3.48. The van der Waals surface area contributed by atoms with Crippen molar-refractivity contribution >= 4 is 28.6 Å². The topological polar surface area (TPSA) is 35.8 Å². The molecule has 0 aliphatic heterocycles. The van der Waals surface area contributed by atoms with E-state index in [4.69, 9.17) is 11.6 Å². The summed E-state index contributed by atoms with van der Waals surface area (Å²) in [6.45, 7) is 0. The highest BCUT2D eigenvalue weighted by atomic mass is 35.5. The van der Waals surface area contributed by atoms with Crippen molar-refractivity contribution in [2.45, 2.75) is 25.3 Å². The SMILES string of the molecule is N#Cc1cc(Cl)ccc1NC1CCCc2sccc21. The van der Waals surface area contributed by atoms with Gasteiger partial charge in [-0.2, -0.15) is 5.26 Å². The van der Waals surface area contributed by atoms with Crippen LogP contribution >= 0.6 is 22.9 Å². The van der Waals surface area contributed by atoms with Gasteiger partial charge in [0.05, 0.1) is 17.3 Å². The van der Waals surface area contributed by atoms with Gasteiger partial charge in [-0.1, -0.05) is 11.6 Å². The average Bonchev–Trinajstić information content (AvgIpc) is 2.90. The molecule has 0 amide bonds. The molecule has 19 heavy (non-hydrogen) atoms. The fraction of sp³-hybridized carbons (Fsp3) is 0.267. The van der Waals surface area contributed by atoms with Crippen LogP contribution in [0.15, 0.2) is 29.6 Å². The van der Waals surface area contributed by atoms with Gasteiger partial charge in [0.1, 0.15) is 6.07 Å². The average molecular weight is 289 g/mol. The van der Waals surface area contributed by atoms with Gasteiger partial charge < -0.3 is 5.32 Å². The number of nitrogens with zero attached hydrogens (tertiary/aromatic N) is 1. The van der Waals surface area contributed by atoms with E-state index in [1.54, 1.807) is 6.07 Å². The lowest BCUT2D eigenvalue weighted by atomic mass is 9.93. The van der Waals surface area contributed by atoms with Gasteiger partial charge in [0.25, 0.3) is 0 Å². The van der Waals surface area contributed by atoms with E-state index in [0.717, 1.165) is 12.1 Å². The van der Waals surface area contributed by atoms with Crippen molar-refractivity contribution < 1.29 is 0 Å². The fourth-order valence-corrected chi connectivity index (χ4v) is 3.72. The summed E-state index contributed by atoms with van der Waals surface area (Å²) in [4.78, 5) is 1.47. The van der Waals surface area contributed by atoms with E-state index in [1.165, 1.54) is 23.3 Å². The number of hydrogen-bond acceptors (Lipinski definition) is 3. The number of halogens is 1. The largest absolute Gasteiger partial charge is 0.377 e. The number of fused-ring (bicyclic) bond motifs is 1. The Kier molecular flexibility index (Phi) is 3.46. The molecule has 0 spiro atoms. The number of benzene rings is 1. The molecular formula is C15H13ClN2S. The molecule has 1 aliphatic carbocycles. The van der Waals surface area contributed by atoms with Gasteiger partial charge >= 0.3 is 0 Å². The van der Waals surface area contributed by atoms with Gasteiger partial charge in [0.2, 0.25) is 0 Å². The predicted octanol–water partition coefficient (Wildman–Crippen LogP) is 4.76. The predicted molar refractivity (Wildman–Crippen MR) is 79.8 cm³/mol. The molecule has 1 aromatic heterocycles. The molecule has 0 saturated carbocycles. The van der Waals surface area contributed by atoms with E-state index in [-0.39, 0.29) is 0 Å². The summed E-state index contributed by atoms with van der Waals surface area (Å²) in [5.41, 5.74) is 2.86. The van der Waals surface area contributed by atoms with Gasteiger partial charge in [0, 0.05) is 9.90 Å². The molecular weight excluding hydrogens is 276 g/mol. The molecule has 4 heteroatoms. The number of nitriles is 1. The van der Waals surface area contributed by atoms with Crippen molar-refractivity contribution in [3.05, 3.63) is 50.7 Å². The van der Waals surface area contributed by atoms with Crippen molar-refractivity contribution in [3.63, 3.8) is 0 Å². The summed E-state index contributed by atoms with van der Waals surface area (Å²) in [7, 11) is 0. The monoisotopic (exact) mass is 288 g/mol. The van der Waals surface area contributed by atoms with Gasteiger partial charge in [-0.3, -0.25) is 0 Å². The Morgan fingerprint density at radius 1 is 1.37 bits per heavy atom. The van der Waals surface area contributed by atoms with E-state index < -0.39 is 0 Å². The van der Waals surface area contributed by atoms with Crippen molar-refractivity contribution in [1.82, 2.24) is 0 Å². The smallest absolute Gasteiger partial charge is 0.101 e. The Morgan fingerprint density at radius 3 is 3.11 bits per heavy atom. The van der Waals surface area contributed by atoms with Crippen molar-refractivity contribution in [1.29, 1.82) is 5.26 Å². The molecule has 0 bridgehead atoms. The molecule has 1 unspecified atom stereocenters. The molecule has 1 heterocycles. The summed E-state index contributed by atoms with van der Waals surface area (Å²) < 4.78 is 0. The van der Waals surface area contributed by atoms with Gasteiger partial charge in [-0.05, 0) is 54.5 Å². The first-order chi connectivity index (χ1) is 9.28. The number of rotatable bonds is 2. The third-order valence-electron chi connectivity index (χ3n) is 3.48. The third-order valence-corrected chi connectivity index (χ3v) is 4.72. The minimum Gasteiger partial charge on any atom is -0.377 e. The first-order valence-electron chi connectivity index (χ1n) is 6.30. The highest BCUT2D eigenvalue weighted by Crippen LogP contribution is 2.36. The molecule has 96 valence electrons. The number of anilines is 1. The lowest BCUT2D eigenvalue weighted by Crippen LogP contribution is -2.16. The zero-order chi connectivity index (χ0) is 13.2. The molecule has 1 N–H and O–H groups in total. The van der Waals surface area contributed by atoms with Crippen LogP contribution in [0.2, 0.25) is 5.02 Å². The molecule has 1 aliphatic rings. The second kappa shape index (κ2) is 5.24. The standard InChI is InChI=1S/C15H13ClN2S/c16-11-4-5-13(10(8-11)9-17)18-14-2-1-3-15-12(14)6-7-19-15/h4-8,14,18H,1-3H2. The van der Waals surface area contributed by atoms with Crippen molar-refractivity contribution in [3.8, 4) is 6.07 Å². The Balaban J connectivity index is 1.90. The Morgan fingerprint density at radius 2 is 2.26 bits per heavy atom. The molecule has 2 nitrogen and oxygen atoms in total. The lowest BCUT2D eigenvalue weighted by molar-refractivity contribution is 0.609. The Labute approximate surface area is 121 Å². The van der Waals surface area contributed by atoms with E-state index in [0.29, 0.717) is 16.6 Å². The Hall–Kier alpha value is -1.50. The van der Waals surface area contributed by atoms with Crippen LogP contribution in [0.3, 0.4) is 0 Å². The van der Waals surface area contributed by atoms with Crippen LogP contribution in [0.4, 0.5) is 5.69 Å². The van der Waals surface area contributed by atoms with Crippen LogP contribution in [0.25, 0.3) is 0 Å². The van der Waals surface area contributed by atoms with Crippen LogP contribution in [-0.2, 0) is 6.42 Å². The van der Waals surface area contributed by atoms with Gasteiger partial charge in [-0.25, -0.2) is 0 Å². The first kappa shape index (κ1) is 12.5. The maximum absolute atomic E-state index is 9.18. The van der Waals surface area contributed by atoms with E-state index >= 15 is 0 Å². The lowest BCUT2D eigenvalue weighted by Gasteiger charge is -2.25. The number of nitrogens with one attached hydrogen (secondary N) is 1. The zero-order valence-corrected chi connectivity index (χ0v) is 11.9. The highest BCUT2D eigenvalue weighted by molar-refractivity contribution is 7.10. The molecule has 2 aromatic rings. The second-order valence-electron chi connectivity index (χ2n) is 4.69. The molecule has 0 fully saturated rings. The van der Waals surface area contributed by atoms with E-state index in [9.17, 15) is 5.26 Å². The fourth-order valence-electron chi connectivity index (χ4n) is 2.56. The molecule has 0 saturated heterocycles. The van der Waals surface area contributed by atoms with Gasteiger partial charge in [0.15, 0.2) is 0 Å². The van der Waals surface area contributed by atoms with Crippen LogP contribution in [0.5, 0.6) is 0 Å². The van der Waals surface area contributed by atoms with E-state index in [2.05, 4.69) is 22.8 Å². The normalized spacial score (nSPS) is 17.6.